The van der Waals surface area contributed by atoms with Crippen molar-refractivity contribution in [2.24, 2.45) is 5.41 Å². The van der Waals surface area contributed by atoms with Crippen molar-refractivity contribution in [3.8, 4) is 0 Å². The summed E-state index contributed by atoms with van der Waals surface area (Å²) in [7, 11) is -3.96. The third-order valence-electron chi connectivity index (χ3n) is 3.75. The molecule has 1 heterocycles. The number of hydrogen-bond acceptors (Lipinski definition) is 6. The molecular weight excluding hydrogens is 423 g/mol. The van der Waals surface area contributed by atoms with Gasteiger partial charge in [0.2, 0.25) is 0 Å². The largest absolute Gasteiger partial charge is 0.293 e. The van der Waals surface area contributed by atoms with Crippen molar-refractivity contribution in [1.29, 1.82) is 0 Å². The minimum atomic E-state index is -3.96. The van der Waals surface area contributed by atoms with Crippen LogP contribution in [-0.4, -0.2) is 19.2 Å². The summed E-state index contributed by atoms with van der Waals surface area (Å²) in [5.41, 5.74) is 0.445. The fraction of sp³-hybridized carbons (Fsp3) is 0.333. The first-order valence-corrected chi connectivity index (χ1v) is 10.7. The number of carbonyl (C=O) groups excluding carboxylic acids is 1. The van der Waals surface area contributed by atoms with E-state index in [-0.39, 0.29) is 36.2 Å². The maximum Gasteiger partial charge on any atom is 0.264 e. The lowest BCUT2D eigenvalue weighted by Crippen LogP contribution is -2.26. The lowest BCUT2D eigenvalue weighted by Gasteiger charge is -2.26. The number of carbonyl (C=O) groups is 1. The van der Waals surface area contributed by atoms with Crippen LogP contribution in [0.4, 0.5) is 5.13 Å². The molecule has 25 heavy (non-hydrogen) atoms. The van der Waals surface area contributed by atoms with Crippen LogP contribution in [0.2, 0.25) is 10.0 Å². The topological polar surface area (TPSA) is 76.1 Å². The molecule has 1 aliphatic rings. The smallest absolute Gasteiger partial charge is 0.264 e. The van der Waals surface area contributed by atoms with Gasteiger partial charge in [0.05, 0.1) is 20.6 Å². The average Bonchev–Trinajstić information content (AvgIpc) is 2.83. The van der Waals surface area contributed by atoms with Crippen LogP contribution in [0.25, 0.3) is 0 Å². The van der Waals surface area contributed by atoms with Crippen molar-refractivity contribution in [2.45, 2.75) is 36.5 Å². The Kier molecular flexibility index (Phi) is 4.87. The van der Waals surface area contributed by atoms with E-state index in [1.54, 1.807) is 0 Å². The number of nitrogens with zero attached hydrogens (tertiary/aromatic N) is 1. The fourth-order valence-corrected chi connectivity index (χ4v) is 5.95. The molecule has 0 saturated heterocycles. The van der Waals surface area contributed by atoms with Crippen molar-refractivity contribution < 1.29 is 13.2 Å². The quantitative estimate of drug-likeness (QED) is 0.683. The Labute approximate surface area is 165 Å². The molecule has 0 atom stereocenters. The van der Waals surface area contributed by atoms with Gasteiger partial charge < -0.3 is 0 Å². The van der Waals surface area contributed by atoms with Gasteiger partial charge in [0.25, 0.3) is 10.0 Å². The number of hydrogen-bond donors (Lipinski definition) is 2. The monoisotopic (exact) mass is 436 g/mol. The molecule has 3 rings (SSSR count). The Morgan fingerprint density at radius 3 is 2.56 bits per heavy atom. The number of thiol groups is 1. The first kappa shape index (κ1) is 19.0. The van der Waals surface area contributed by atoms with Crippen molar-refractivity contribution >= 4 is 68.1 Å². The predicted octanol–water partition coefficient (Wildman–Crippen LogP) is 4.69. The maximum atomic E-state index is 12.6. The van der Waals surface area contributed by atoms with Crippen LogP contribution in [0.15, 0.2) is 21.9 Å². The number of nitrogens with one attached hydrogen (secondary N) is 1. The highest BCUT2D eigenvalue weighted by atomic mass is 35.5. The molecule has 0 unspecified atom stereocenters. The van der Waals surface area contributed by atoms with E-state index in [4.69, 9.17) is 23.2 Å². The second-order valence-electron chi connectivity index (χ2n) is 6.58. The van der Waals surface area contributed by atoms with E-state index in [0.29, 0.717) is 23.4 Å². The summed E-state index contributed by atoms with van der Waals surface area (Å²) in [6, 6.07) is 2.59. The predicted molar refractivity (Wildman–Crippen MR) is 103 cm³/mol. The van der Waals surface area contributed by atoms with E-state index >= 15 is 0 Å². The highest BCUT2D eigenvalue weighted by Crippen LogP contribution is 2.39. The first-order valence-electron chi connectivity index (χ1n) is 7.22. The summed E-state index contributed by atoms with van der Waals surface area (Å²) in [6.45, 7) is 3.97. The van der Waals surface area contributed by atoms with Gasteiger partial charge in [-0.15, -0.1) is 12.6 Å². The molecule has 1 aromatic carbocycles. The fourth-order valence-electron chi connectivity index (χ4n) is 2.67. The Morgan fingerprint density at radius 1 is 1.24 bits per heavy atom. The zero-order chi connectivity index (χ0) is 18.6. The van der Waals surface area contributed by atoms with Crippen LogP contribution in [0.3, 0.4) is 0 Å². The van der Waals surface area contributed by atoms with Crippen LogP contribution in [0, 0.1) is 5.41 Å². The lowest BCUT2D eigenvalue weighted by molar-refractivity contribution is 0.0916. The van der Waals surface area contributed by atoms with Gasteiger partial charge in [0, 0.05) is 11.3 Å². The Balaban J connectivity index is 1.96. The molecule has 2 aromatic rings. The SMILES string of the molecule is CC1(C)CC(=O)c2sc(NS(=O)(=O)c3cc(Cl)c(Cl)cc3S)nc2C1. The third-order valence-corrected chi connectivity index (χ3v) is 7.55. The number of aromatic nitrogens is 1. The Bertz CT molecular complexity index is 984. The molecule has 0 saturated carbocycles. The second-order valence-corrected chi connectivity index (χ2v) is 10.5. The molecule has 1 aromatic heterocycles. The van der Waals surface area contributed by atoms with Gasteiger partial charge in [-0.1, -0.05) is 48.4 Å². The van der Waals surface area contributed by atoms with Crippen LogP contribution in [0.5, 0.6) is 0 Å². The highest BCUT2D eigenvalue weighted by Gasteiger charge is 2.34. The van der Waals surface area contributed by atoms with E-state index in [0.717, 1.165) is 11.3 Å². The molecule has 10 heteroatoms. The average molecular weight is 437 g/mol. The summed E-state index contributed by atoms with van der Waals surface area (Å²) < 4.78 is 27.7. The molecule has 1 aliphatic carbocycles. The van der Waals surface area contributed by atoms with Crippen LogP contribution in [0.1, 0.15) is 35.6 Å². The number of anilines is 1. The van der Waals surface area contributed by atoms with Crippen LogP contribution >= 0.6 is 47.2 Å². The molecule has 0 radical (unpaired) electrons. The normalized spacial score (nSPS) is 16.6. The minimum Gasteiger partial charge on any atom is -0.293 e. The standard InChI is InChI=1S/C15H14Cl2N2O3S3/c1-15(2)5-9-13(10(20)6-15)24-14(18-9)19-25(21,22)12-4-8(17)7(16)3-11(12)23/h3-4,23H,5-6H2,1-2H3,(H,18,19). The summed E-state index contributed by atoms with van der Waals surface area (Å²) in [6.07, 6.45) is 1.04. The van der Waals surface area contributed by atoms with Gasteiger partial charge in [0.15, 0.2) is 10.9 Å². The molecular formula is C15H14Cl2N2O3S3. The van der Waals surface area contributed by atoms with E-state index in [2.05, 4.69) is 22.3 Å². The Morgan fingerprint density at radius 2 is 1.88 bits per heavy atom. The van der Waals surface area contributed by atoms with Crippen LogP contribution < -0.4 is 4.72 Å². The molecule has 1 N–H and O–H groups in total. The Hall–Kier alpha value is -0.800. The van der Waals surface area contributed by atoms with Gasteiger partial charge in [-0.2, -0.15) is 0 Å². The molecule has 0 aliphatic heterocycles. The van der Waals surface area contributed by atoms with E-state index < -0.39 is 10.0 Å². The number of fused-ring (bicyclic) bond motifs is 1. The van der Waals surface area contributed by atoms with Crippen molar-refractivity contribution in [1.82, 2.24) is 4.98 Å². The van der Waals surface area contributed by atoms with Gasteiger partial charge in [-0.3, -0.25) is 9.52 Å². The number of thiazole rings is 1. The highest BCUT2D eigenvalue weighted by molar-refractivity contribution is 7.93. The van der Waals surface area contributed by atoms with Crippen LogP contribution in [-0.2, 0) is 16.4 Å². The molecule has 0 amide bonds. The van der Waals surface area contributed by atoms with E-state index in [1.165, 1.54) is 12.1 Å². The van der Waals surface area contributed by atoms with E-state index in [9.17, 15) is 13.2 Å². The van der Waals surface area contributed by atoms with Gasteiger partial charge in [0.1, 0.15) is 4.90 Å². The zero-order valence-corrected chi connectivity index (χ0v) is 17.3. The second kappa shape index (κ2) is 6.42. The molecule has 0 fully saturated rings. The number of benzene rings is 1. The summed E-state index contributed by atoms with van der Waals surface area (Å²) in [4.78, 5) is 17.1. The number of halogens is 2. The first-order chi connectivity index (χ1) is 11.5. The molecule has 0 spiro atoms. The lowest BCUT2D eigenvalue weighted by atomic mass is 9.78. The molecule has 134 valence electrons. The summed E-state index contributed by atoms with van der Waals surface area (Å²) >= 11 is 17.0. The molecule has 5 nitrogen and oxygen atoms in total. The van der Waals surface area contributed by atoms with Gasteiger partial charge >= 0.3 is 0 Å². The van der Waals surface area contributed by atoms with E-state index in [1.807, 2.05) is 13.8 Å². The number of Topliss-reactive ketones (excluding diaryl/α,β-unsaturated/α-hetero) is 1. The zero-order valence-electron chi connectivity index (χ0n) is 13.3. The minimum absolute atomic E-state index is 0.0152. The van der Waals surface area contributed by atoms with Crippen molar-refractivity contribution in [3.63, 3.8) is 0 Å². The van der Waals surface area contributed by atoms with Gasteiger partial charge in [-0.25, -0.2) is 13.4 Å². The number of ketones is 1. The number of rotatable bonds is 3. The summed E-state index contributed by atoms with van der Waals surface area (Å²) in [5, 5.41) is 0.466. The van der Waals surface area contributed by atoms with Crippen molar-refractivity contribution in [3.05, 3.63) is 32.7 Å². The van der Waals surface area contributed by atoms with Crippen molar-refractivity contribution in [2.75, 3.05) is 4.72 Å². The number of sulfonamides is 1. The third kappa shape index (κ3) is 3.83. The van der Waals surface area contributed by atoms with Gasteiger partial charge in [-0.05, 0) is 24.0 Å². The maximum absolute atomic E-state index is 12.6. The molecule has 0 bridgehead atoms. The summed E-state index contributed by atoms with van der Waals surface area (Å²) in [5.74, 6) is -0.0152.